The van der Waals surface area contributed by atoms with Gasteiger partial charge in [0, 0.05) is 18.0 Å². The summed E-state index contributed by atoms with van der Waals surface area (Å²) in [5.74, 6) is 1.96. The van der Waals surface area contributed by atoms with Gasteiger partial charge in [0.1, 0.15) is 6.54 Å². The Bertz CT molecular complexity index is 429. The first-order chi connectivity index (χ1) is 8.47. The topological polar surface area (TPSA) is 72.9 Å². The van der Waals surface area contributed by atoms with Crippen LogP contribution < -0.4 is 11.1 Å². The fourth-order valence-electron chi connectivity index (χ4n) is 2.06. The summed E-state index contributed by atoms with van der Waals surface area (Å²) < 4.78 is 1.56. The van der Waals surface area contributed by atoms with Crippen molar-refractivity contribution >= 4 is 23.4 Å². The van der Waals surface area contributed by atoms with Crippen molar-refractivity contribution in [3.05, 3.63) is 12.4 Å². The zero-order chi connectivity index (χ0) is 13.2. The average molecular weight is 268 g/mol. The number of rotatable bonds is 4. The quantitative estimate of drug-likeness (QED) is 0.863. The molecular weight excluding hydrogens is 248 g/mol. The molecule has 1 aliphatic rings. The van der Waals surface area contributed by atoms with Gasteiger partial charge >= 0.3 is 0 Å². The van der Waals surface area contributed by atoms with Crippen LogP contribution in [0.15, 0.2) is 12.4 Å². The van der Waals surface area contributed by atoms with Gasteiger partial charge in [-0.2, -0.15) is 16.9 Å². The lowest BCUT2D eigenvalue weighted by atomic mass is 9.82. The van der Waals surface area contributed by atoms with Crippen LogP contribution in [0, 0.1) is 5.41 Å². The highest BCUT2D eigenvalue weighted by Crippen LogP contribution is 2.35. The molecule has 0 aliphatic carbocycles. The van der Waals surface area contributed by atoms with Crippen LogP contribution in [-0.4, -0.2) is 33.2 Å². The van der Waals surface area contributed by atoms with Crippen LogP contribution in [0.4, 0.5) is 5.69 Å². The minimum absolute atomic E-state index is 0.129. The SMILES string of the molecule is CC1(C)CCSCC1Nc1cnn(CC(N)=O)c1. The summed E-state index contributed by atoms with van der Waals surface area (Å²) in [4.78, 5) is 10.8. The highest BCUT2D eigenvalue weighted by Gasteiger charge is 2.32. The number of nitrogens with zero attached hydrogens (tertiary/aromatic N) is 2. The first-order valence-electron chi connectivity index (χ1n) is 6.12. The number of carbonyl (C=O) groups is 1. The van der Waals surface area contributed by atoms with Crippen molar-refractivity contribution < 1.29 is 4.79 Å². The predicted molar refractivity (Wildman–Crippen MR) is 74.6 cm³/mol. The minimum atomic E-state index is -0.377. The summed E-state index contributed by atoms with van der Waals surface area (Å²) in [6.07, 6.45) is 4.79. The number of nitrogens with two attached hydrogens (primary N) is 1. The number of primary amides is 1. The maximum absolute atomic E-state index is 10.8. The van der Waals surface area contributed by atoms with E-state index in [-0.39, 0.29) is 17.9 Å². The Labute approximate surface area is 111 Å². The molecular formula is C12H20N4OS. The fraction of sp³-hybridized carbons (Fsp3) is 0.667. The third-order valence-corrected chi connectivity index (χ3v) is 4.47. The fourth-order valence-corrected chi connectivity index (χ4v) is 3.67. The third-order valence-electron chi connectivity index (χ3n) is 3.41. The molecule has 1 saturated heterocycles. The van der Waals surface area contributed by atoms with Gasteiger partial charge in [-0.1, -0.05) is 13.8 Å². The second kappa shape index (κ2) is 5.22. The Kier molecular flexibility index (Phi) is 3.85. The van der Waals surface area contributed by atoms with Gasteiger partial charge in [0.05, 0.1) is 11.9 Å². The van der Waals surface area contributed by atoms with E-state index in [4.69, 9.17) is 5.73 Å². The van der Waals surface area contributed by atoms with Gasteiger partial charge in [-0.05, 0) is 17.6 Å². The van der Waals surface area contributed by atoms with Crippen molar-refractivity contribution in [1.29, 1.82) is 0 Å². The summed E-state index contributed by atoms with van der Waals surface area (Å²) in [5, 5.41) is 7.62. The molecule has 100 valence electrons. The molecule has 1 amide bonds. The smallest absolute Gasteiger partial charge is 0.239 e. The molecule has 1 aliphatic heterocycles. The highest BCUT2D eigenvalue weighted by atomic mass is 32.2. The Hall–Kier alpha value is -1.17. The molecule has 6 heteroatoms. The second-order valence-corrected chi connectivity index (χ2v) is 6.55. The molecule has 18 heavy (non-hydrogen) atoms. The van der Waals surface area contributed by atoms with Crippen LogP contribution in [0.25, 0.3) is 0 Å². The van der Waals surface area contributed by atoms with Crippen molar-refractivity contribution in [3.8, 4) is 0 Å². The van der Waals surface area contributed by atoms with Crippen molar-refractivity contribution in [3.63, 3.8) is 0 Å². The summed E-state index contributed by atoms with van der Waals surface area (Å²) in [7, 11) is 0. The number of anilines is 1. The minimum Gasteiger partial charge on any atom is -0.378 e. The normalized spacial score (nSPS) is 22.7. The first-order valence-corrected chi connectivity index (χ1v) is 7.28. The van der Waals surface area contributed by atoms with E-state index in [9.17, 15) is 4.79 Å². The van der Waals surface area contributed by atoms with Crippen LogP contribution in [0.1, 0.15) is 20.3 Å². The molecule has 1 aromatic rings. The van der Waals surface area contributed by atoms with E-state index in [1.54, 1.807) is 10.9 Å². The maximum Gasteiger partial charge on any atom is 0.239 e. The number of amides is 1. The molecule has 1 atom stereocenters. The molecule has 1 fully saturated rings. The van der Waals surface area contributed by atoms with Crippen LogP contribution >= 0.6 is 11.8 Å². The van der Waals surface area contributed by atoms with Crippen molar-refractivity contribution in [2.75, 3.05) is 16.8 Å². The number of hydrogen-bond acceptors (Lipinski definition) is 4. The molecule has 0 aromatic carbocycles. The lowest BCUT2D eigenvalue weighted by molar-refractivity contribution is -0.118. The average Bonchev–Trinajstić information content (AvgIpc) is 2.68. The number of nitrogens with one attached hydrogen (secondary N) is 1. The van der Waals surface area contributed by atoms with Crippen molar-refractivity contribution in [2.45, 2.75) is 32.9 Å². The molecule has 1 aromatic heterocycles. The van der Waals surface area contributed by atoms with E-state index < -0.39 is 0 Å². The maximum atomic E-state index is 10.8. The molecule has 2 heterocycles. The monoisotopic (exact) mass is 268 g/mol. The summed E-state index contributed by atoms with van der Waals surface area (Å²) in [6, 6.07) is 0.433. The zero-order valence-electron chi connectivity index (χ0n) is 10.8. The molecule has 5 nitrogen and oxygen atoms in total. The summed E-state index contributed by atoms with van der Waals surface area (Å²) in [5.41, 5.74) is 6.38. The molecule has 0 bridgehead atoms. The van der Waals surface area contributed by atoms with Gasteiger partial charge in [0.25, 0.3) is 0 Å². The van der Waals surface area contributed by atoms with Crippen LogP contribution in [-0.2, 0) is 11.3 Å². The van der Waals surface area contributed by atoms with E-state index in [2.05, 4.69) is 24.3 Å². The zero-order valence-corrected chi connectivity index (χ0v) is 11.7. The van der Waals surface area contributed by atoms with Crippen molar-refractivity contribution in [2.24, 2.45) is 11.1 Å². The van der Waals surface area contributed by atoms with Gasteiger partial charge in [-0.25, -0.2) is 0 Å². The molecule has 0 spiro atoms. The van der Waals surface area contributed by atoms with Gasteiger partial charge in [0.15, 0.2) is 0 Å². The molecule has 0 radical (unpaired) electrons. The Morgan fingerprint density at radius 1 is 1.72 bits per heavy atom. The number of carbonyl (C=O) groups excluding carboxylic acids is 1. The van der Waals surface area contributed by atoms with Crippen LogP contribution in [0.2, 0.25) is 0 Å². The van der Waals surface area contributed by atoms with Gasteiger partial charge in [-0.3, -0.25) is 9.48 Å². The van der Waals surface area contributed by atoms with Crippen molar-refractivity contribution in [1.82, 2.24) is 9.78 Å². The third kappa shape index (κ3) is 3.19. The predicted octanol–water partition coefficient (Wildman–Crippen LogP) is 1.31. The lowest BCUT2D eigenvalue weighted by Gasteiger charge is -2.38. The largest absolute Gasteiger partial charge is 0.378 e. The summed E-state index contributed by atoms with van der Waals surface area (Å²) >= 11 is 1.98. The molecule has 1 unspecified atom stereocenters. The molecule has 0 saturated carbocycles. The Morgan fingerprint density at radius 2 is 2.50 bits per heavy atom. The lowest BCUT2D eigenvalue weighted by Crippen LogP contribution is -2.41. The van der Waals surface area contributed by atoms with Gasteiger partial charge in [0.2, 0.25) is 5.91 Å². The van der Waals surface area contributed by atoms with Crippen LogP contribution in [0.5, 0.6) is 0 Å². The van der Waals surface area contributed by atoms with Crippen LogP contribution in [0.3, 0.4) is 0 Å². The Balaban J connectivity index is 2.00. The van der Waals surface area contributed by atoms with E-state index in [0.717, 1.165) is 11.4 Å². The molecule has 3 N–H and O–H groups in total. The van der Waals surface area contributed by atoms with E-state index >= 15 is 0 Å². The molecule has 2 rings (SSSR count). The number of hydrogen-bond donors (Lipinski definition) is 2. The second-order valence-electron chi connectivity index (χ2n) is 5.40. The standard InChI is InChI=1S/C12H20N4OS/c1-12(2)3-4-18-8-10(12)15-9-5-14-16(6-9)7-11(13)17/h5-6,10,15H,3-4,7-8H2,1-2H3,(H2,13,17). The van der Waals surface area contributed by atoms with E-state index in [1.807, 2.05) is 18.0 Å². The van der Waals surface area contributed by atoms with Gasteiger partial charge in [-0.15, -0.1) is 0 Å². The number of thioether (sulfide) groups is 1. The van der Waals surface area contributed by atoms with E-state index in [0.29, 0.717) is 6.04 Å². The Morgan fingerprint density at radius 3 is 3.17 bits per heavy atom. The van der Waals surface area contributed by atoms with E-state index in [1.165, 1.54) is 12.2 Å². The first kappa shape index (κ1) is 13.3. The summed E-state index contributed by atoms with van der Waals surface area (Å²) in [6.45, 7) is 4.71. The number of aromatic nitrogens is 2. The van der Waals surface area contributed by atoms with Gasteiger partial charge < -0.3 is 11.1 Å². The highest BCUT2D eigenvalue weighted by molar-refractivity contribution is 7.99.